The van der Waals surface area contributed by atoms with Crippen molar-refractivity contribution in [1.29, 1.82) is 0 Å². The van der Waals surface area contributed by atoms with Gasteiger partial charge in [-0.3, -0.25) is 14.5 Å². The van der Waals surface area contributed by atoms with Gasteiger partial charge in [0, 0.05) is 38.8 Å². The van der Waals surface area contributed by atoms with Crippen LogP contribution in [0.3, 0.4) is 0 Å². The molecule has 0 saturated carbocycles. The zero-order chi connectivity index (χ0) is 28.5. The van der Waals surface area contributed by atoms with E-state index in [9.17, 15) is 9.59 Å². The highest BCUT2D eigenvalue weighted by Crippen LogP contribution is 2.34. The number of piperidine rings is 2. The van der Waals surface area contributed by atoms with Gasteiger partial charge in [-0.1, -0.05) is 66.0 Å². The van der Waals surface area contributed by atoms with Crippen LogP contribution in [-0.2, 0) is 4.79 Å². The number of Topliss-reactive ketones (excluding diaryl/α,β-unsaturated/α-hetero) is 1. The maximum Gasteiger partial charge on any atom is 0.242 e. The number of nitrogens with zero attached hydrogens (tertiary/aromatic N) is 3. The van der Waals surface area contributed by atoms with Gasteiger partial charge in [-0.15, -0.1) is 0 Å². The molecule has 2 aliphatic rings. The molecule has 2 fully saturated rings. The summed E-state index contributed by atoms with van der Waals surface area (Å²) in [6.45, 7) is 8.55. The Morgan fingerprint density at radius 3 is 2.33 bits per heavy atom. The molecule has 2 saturated heterocycles. The number of carbonyl (C=O) groups is 2. The first-order chi connectivity index (χ1) is 19.3. The van der Waals surface area contributed by atoms with Gasteiger partial charge >= 0.3 is 0 Å². The molecule has 2 aromatic rings. The average Bonchev–Trinajstić information content (AvgIpc) is 3.00. The monoisotopic (exact) mass is 586 g/mol. The first-order valence-electron chi connectivity index (χ1n) is 14.8. The van der Waals surface area contributed by atoms with E-state index >= 15 is 0 Å². The minimum Gasteiger partial charge on any atom is -0.344 e. The zero-order valence-electron chi connectivity index (χ0n) is 24.0. The summed E-state index contributed by atoms with van der Waals surface area (Å²) < 4.78 is 0. The molecule has 0 aliphatic carbocycles. The van der Waals surface area contributed by atoms with E-state index < -0.39 is 0 Å². The summed E-state index contributed by atoms with van der Waals surface area (Å²) in [5, 5.41) is 4.49. The summed E-state index contributed by atoms with van der Waals surface area (Å²) in [6.07, 6.45) is 6.29. The van der Waals surface area contributed by atoms with E-state index in [1.165, 1.54) is 19.3 Å². The molecule has 1 unspecified atom stereocenters. The lowest BCUT2D eigenvalue weighted by Gasteiger charge is -2.50. The van der Waals surface area contributed by atoms with Gasteiger partial charge in [0.2, 0.25) is 5.91 Å². The Balaban J connectivity index is 1.39. The summed E-state index contributed by atoms with van der Waals surface area (Å²) >= 11 is 12.6. The predicted octanol–water partition coefficient (Wildman–Crippen LogP) is 5.74. The number of nitrogens with one attached hydrogen (secondary N) is 1. The number of halogens is 2. The smallest absolute Gasteiger partial charge is 0.242 e. The molecule has 218 valence electrons. The number of likely N-dealkylation sites (N-methyl/N-ethyl adjacent to an activating group) is 1. The first-order valence-corrected chi connectivity index (χ1v) is 15.6. The molecule has 4 rings (SSSR count). The maximum absolute atomic E-state index is 13.6. The third-order valence-electron chi connectivity index (χ3n) is 8.84. The van der Waals surface area contributed by atoms with E-state index in [2.05, 4.69) is 22.0 Å². The van der Waals surface area contributed by atoms with E-state index in [1.54, 1.807) is 0 Å². The van der Waals surface area contributed by atoms with Crippen molar-refractivity contribution in [1.82, 2.24) is 20.0 Å². The first kappa shape index (κ1) is 31.0. The summed E-state index contributed by atoms with van der Waals surface area (Å²) in [7, 11) is 1.94. The number of benzene rings is 2. The second-order valence-electron chi connectivity index (χ2n) is 11.3. The van der Waals surface area contributed by atoms with Gasteiger partial charge in [0.05, 0.1) is 16.6 Å². The third-order valence-corrected chi connectivity index (χ3v) is 9.58. The van der Waals surface area contributed by atoms with Crippen molar-refractivity contribution >= 4 is 34.9 Å². The quantitative estimate of drug-likeness (QED) is 0.321. The minimum absolute atomic E-state index is 0.0836. The van der Waals surface area contributed by atoms with Crippen molar-refractivity contribution in [2.75, 3.05) is 59.4 Å². The van der Waals surface area contributed by atoms with E-state index in [1.807, 2.05) is 60.5 Å². The highest BCUT2D eigenvalue weighted by Gasteiger charge is 2.47. The van der Waals surface area contributed by atoms with Crippen molar-refractivity contribution in [3.05, 3.63) is 69.7 Å². The van der Waals surface area contributed by atoms with E-state index in [4.69, 9.17) is 23.2 Å². The largest absolute Gasteiger partial charge is 0.344 e. The van der Waals surface area contributed by atoms with Crippen LogP contribution >= 0.6 is 23.2 Å². The maximum atomic E-state index is 13.6. The van der Waals surface area contributed by atoms with E-state index in [-0.39, 0.29) is 29.7 Å². The van der Waals surface area contributed by atoms with Crippen LogP contribution in [0.5, 0.6) is 0 Å². The average molecular weight is 588 g/mol. The molecule has 0 aromatic heterocycles. The standard InChI is InChI=1S/C32H44Cl2N4O2/c1-3-36(2)31(40)32(38-17-8-5-9-18-38)15-20-37(21-16-32)19-14-27(26-12-13-28(33)29(34)22-26)23-35-24-30(39)25-10-6-4-7-11-25/h4,6-7,10-13,22,27,35H,3,5,8-9,14-21,23-24H2,1-2H3. The number of rotatable bonds is 12. The van der Waals surface area contributed by atoms with E-state index in [0.29, 0.717) is 16.6 Å². The lowest BCUT2D eigenvalue weighted by molar-refractivity contribution is -0.148. The SMILES string of the molecule is CCN(C)C(=O)C1(N2CCCCC2)CCN(CCC(CNCC(=O)c2ccccc2)c2ccc(Cl)c(Cl)c2)CC1. The lowest BCUT2D eigenvalue weighted by atomic mass is 9.82. The van der Waals surface area contributed by atoms with Crippen molar-refractivity contribution < 1.29 is 9.59 Å². The molecule has 2 aliphatic heterocycles. The molecule has 0 spiro atoms. The Bertz CT molecular complexity index is 1120. The number of hydrogen-bond acceptors (Lipinski definition) is 5. The second-order valence-corrected chi connectivity index (χ2v) is 12.1. The topological polar surface area (TPSA) is 55.9 Å². The van der Waals surface area contributed by atoms with Crippen molar-refractivity contribution in [3.8, 4) is 0 Å². The summed E-state index contributed by atoms with van der Waals surface area (Å²) in [5.74, 6) is 0.553. The van der Waals surface area contributed by atoms with Crippen molar-refractivity contribution in [3.63, 3.8) is 0 Å². The fraction of sp³-hybridized carbons (Fsp3) is 0.562. The Kier molecular flexibility index (Phi) is 11.5. The zero-order valence-corrected chi connectivity index (χ0v) is 25.5. The van der Waals surface area contributed by atoms with Crippen LogP contribution in [-0.4, -0.2) is 91.3 Å². The second kappa shape index (κ2) is 14.8. The predicted molar refractivity (Wildman–Crippen MR) is 165 cm³/mol. The van der Waals surface area contributed by atoms with Crippen LogP contribution in [0.15, 0.2) is 48.5 Å². The van der Waals surface area contributed by atoms with Crippen LogP contribution in [0.25, 0.3) is 0 Å². The van der Waals surface area contributed by atoms with Gasteiger partial charge in [0.15, 0.2) is 5.78 Å². The summed E-state index contributed by atoms with van der Waals surface area (Å²) in [6, 6.07) is 15.2. The van der Waals surface area contributed by atoms with E-state index in [0.717, 1.165) is 69.7 Å². The number of amides is 1. The fourth-order valence-corrected chi connectivity index (χ4v) is 6.52. The van der Waals surface area contributed by atoms with Crippen LogP contribution in [0.2, 0.25) is 10.0 Å². The molecule has 6 nitrogen and oxygen atoms in total. The molecule has 0 radical (unpaired) electrons. The molecule has 1 N–H and O–H groups in total. The fourth-order valence-electron chi connectivity index (χ4n) is 6.21. The van der Waals surface area contributed by atoms with Crippen LogP contribution in [0.4, 0.5) is 0 Å². The minimum atomic E-state index is -0.371. The van der Waals surface area contributed by atoms with Gasteiger partial charge in [-0.2, -0.15) is 0 Å². The highest BCUT2D eigenvalue weighted by molar-refractivity contribution is 6.42. The highest BCUT2D eigenvalue weighted by atomic mass is 35.5. The van der Waals surface area contributed by atoms with Crippen LogP contribution in [0, 0.1) is 0 Å². The normalized spacial score (nSPS) is 18.8. The Morgan fingerprint density at radius 2 is 1.68 bits per heavy atom. The third kappa shape index (κ3) is 7.65. The van der Waals surface area contributed by atoms with Crippen LogP contribution < -0.4 is 5.32 Å². The van der Waals surface area contributed by atoms with Gasteiger partial charge < -0.3 is 15.1 Å². The van der Waals surface area contributed by atoms with Crippen LogP contribution in [0.1, 0.15) is 67.3 Å². The van der Waals surface area contributed by atoms with Crippen molar-refractivity contribution in [2.24, 2.45) is 0 Å². The molecule has 1 amide bonds. The number of likely N-dealkylation sites (tertiary alicyclic amines) is 2. The molecule has 2 heterocycles. The molecule has 1 atom stereocenters. The Labute approximate surface area is 250 Å². The van der Waals surface area contributed by atoms with Crippen molar-refractivity contribution in [2.45, 2.75) is 56.9 Å². The molecular formula is C32H44Cl2N4O2. The number of carbonyl (C=O) groups excluding carboxylic acids is 2. The van der Waals surface area contributed by atoms with Gasteiger partial charge in [-0.25, -0.2) is 0 Å². The number of hydrogen-bond donors (Lipinski definition) is 1. The summed E-state index contributed by atoms with van der Waals surface area (Å²) in [4.78, 5) is 33.2. The Hall–Kier alpha value is -1.96. The molecule has 40 heavy (non-hydrogen) atoms. The molecule has 2 aromatic carbocycles. The van der Waals surface area contributed by atoms with Gasteiger partial charge in [-0.05, 0) is 82.3 Å². The molecule has 8 heteroatoms. The van der Waals surface area contributed by atoms with Gasteiger partial charge in [0.1, 0.15) is 5.54 Å². The Morgan fingerprint density at radius 1 is 0.975 bits per heavy atom. The lowest BCUT2D eigenvalue weighted by Crippen LogP contribution is -2.64. The summed E-state index contributed by atoms with van der Waals surface area (Å²) in [5.41, 5.74) is 1.47. The molecule has 0 bridgehead atoms. The number of ketones is 1. The van der Waals surface area contributed by atoms with Gasteiger partial charge in [0.25, 0.3) is 0 Å². The molecular weight excluding hydrogens is 543 g/mol.